The number of benzene rings is 2. The average molecular weight is 602 g/mol. The Bertz CT molecular complexity index is 1500. The van der Waals surface area contributed by atoms with E-state index in [0.29, 0.717) is 18.0 Å². The predicted octanol–water partition coefficient (Wildman–Crippen LogP) is 4.38. The molecule has 0 saturated carbocycles. The van der Waals surface area contributed by atoms with Crippen molar-refractivity contribution in [3.05, 3.63) is 64.4 Å². The van der Waals surface area contributed by atoms with Crippen molar-refractivity contribution in [2.45, 2.75) is 30.6 Å². The number of anilines is 2. The molecule has 0 aliphatic carbocycles. The molecule has 0 bridgehead atoms. The van der Waals surface area contributed by atoms with Crippen LogP contribution < -0.4 is 20.1 Å². The van der Waals surface area contributed by atoms with Gasteiger partial charge < -0.3 is 24.8 Å². The van der Waals surface area contributed by atoms with Gasteiger partial charge in [-0.15, -0.1) is 11.3 Å². The quantitative estimate of drug-likeness (QED) is 0.327. The summed E-state index contributed by atoms with van der Waals surface area (Å²) in [7, 11) is -0.898. The molecule has 3 aromatic rings. The number of hydrogen-bond donors (Lipinski definition) is 2. The molecule has 11 nitrogen and oxygen atoms in total. The molecule has 2 aromatic carbocycles. The molecule has 4 rings (SSSR count). The number of nitrogens with zero attached hydrogens (tertiary/aromatic N) is 1. The molecular weight excluding hydrogens is 570 g/mol. The summed E-state index contributed by atoms with van der Waals surface area (Å²) in [5.41, 5.74) is 0.306. The molecule has 1 fully saturated rings. The predicted molar refractivity (Wildman–Crippen MR) is 154 cm³/mol. The Morgan fingerprint density at radius 3 is 2.27 bits per heavy atom. The van der Waals surface area contributed by atoms with E-state index in [1.165, 1.54) is 54.1 Å². The standard InChI is InChI=1S/C28H31N3O8S2/c1-37-23-16-21(22(17-24(23)38-2)30-27(33)25-11-8-14-40-25)28(34)39-18-26(32)29-19-9-7-10-20(15-19)41(35,36)31-12-5-3-4-6-13-31/h7-11,14-17H,3-6,12-13,18H2,1-2H3,(H,29,32)(H,30,33). The van der Waals surface area contributed by atoms with Gasteiger partial charge >= 0.3 is 5.97 Å². The first kappa shape index (κ1) is 30.0. The molecule has 2 heterocycles. The van der Waals surface area contributed by atoms with Crippen molar-refractivity contribution in [2.75, 3.05) is 44.5 Å². The van der Waals surface area contributed by atoms with Crippen LogP contribution in [-0.2, 0) is 19.6 Å². The smallest absolute Gasteiger partial charge is 0.340 e. The van der Waals surface area contributed by atoms with Gasteiger partial charge in [0.1, 0.15) is 0 Å². The fraction of sp³-hybridized carbons (Fsp3) is 0.321. The molecule has 2 amide bonds. The van der Waals surface area contributed by atoms with Crippen LogP contribution in [0, 0.1) is 0 Å². The second-order valence-corrected chi connectivity index (χ2v) is 12.0. The zero-order chi connectivity index (χ0) is 29.4. The Balaban J connectivity index is 1.45. The first-order valence-corrected chi connectivity index (χ1v) is 15.2. The highest BCUT2D eigenvalue weighted by atomic mass is 32.2. The van der Waals surface area contributed by atoms with Crippen molar-refractivity contribution in [2.24, 2.45) is 0 Å². The number of sulfonamides is 1. The number of carbonyl (C=O) groups is 3. The summed E-state index contributed by atoms with van der Waals surface area (Å²) < 4.78 is 43.5. The topological polar surface area (TPSA) is 140 Å². The van der Waals surface area contributed by atoms with Crippen LogP contribution in [-0.4, -0.2) is 64.4 Å². The zero-order valence-corrected chi connectivity index (χ0v) is 24.3. The van der Waals surface area contributed by atoms with Gasteiger partial charge in [-0.1, -0.05) is 25.0 Å². The number of esters is 1. The van der Waals surface area contributed by atoms with Gasteiger partial charge in [-0.05, 0) is 42.5 Å². The number of ether oxygens (including phenoxy) is 3. The fourth-order valence-electron chi connectivity index (χ4n) is 4.31. The minimum atomic E-state index is -3.71. The van der Waals surface area contributed by atoms with Crippen LogP contribution >= 0.6 is 11.3 Å². The van der Waals surface area contributed by atoms with E-state index in [-0.39, 0.29) is 33.3 Å². The van der Waals surface area contributed by atoms with Crippen LogP contribution in [0.3, 0.4) is 0 Å². The maximum Gasteiger partial charge on any atom is 0.340 e. The van der Waals surface area contributed by atoms with E-state index in [1.54, 1.807) is 29.6 Å². The summed E-state index contributed by atoms with van der Waals surface area (Å²) >= 11 is 1.23. The summed E-state index contributed by atoms with van der Waals surface area (Å²) in [6.07, 6.45) is 3.60. The molecule has 0 spiro atoms. The second-order valence-electron chi connectivity index (χ2n) is 9.15. The van der Waals surface area contributed by atoms with E-state index >= 15 is 0 Å². The Morgan fingerprint density at radius 2 is 1.61 bits per heavy atom. The summed E-state index contributed by atoms with van der Waals surface area (Å²) in [4.78, 5) is 38.8. The van der Waals surface area contributed by atoms with Crippen molar-refractivity contribution < 1.29 is 37.0 Å². The maximum absolute atomic E-state index is 13.1. The highest BCUT2D eigenvalue weighted by molar-refractivity contribution is 7.89. The van der Waals surface area contributed by atoms with Gasteiger partial charge in [0, 0.05) is 30.9 Å². The summed E-state index contributed by atoms with van der Waals surface area (Å²) in [6.45, 7) is 0.260. The lowest BCUT2D eigenvalue weighted by Gasteiger charge is -2.20. The molecule has 1 saturated heterocycles. The molecule has 0 atom stereocenters. The maximum atomic E-state index is 13.1. The molecule has 2 N–H and O–H groups in total. The number of thiophene rings is 1. The first-order chi connectivity index (χ1) is 19.7. The van der Waals surface area contributed by atoms with Crippen LogP contribution in [0.5, 0.6) is 11.5 Å². The van der Waals surface area contributed by atoms with E-state index in [4.69, 9.17) is 14.2 Å². The lowest BCUT2D eigenvalue weighted by Crippen LogP contribution is -2.32. The number of hydrogen-bond acceptors (Lipinski definition) is 9. The van der Waals surface area contributed by atoms with Gasteiger partial charge in [-0.2, -0.15) is 4.31 Å². The SMILES string of the molecule is COc1cc(NC(=O)c2cccs2)c(C(=O)OCC(=O)Nc2cccc(S(=O)(=O)N3CCCCCC3)c2)cc1OC. The number of nitrogens with one attached hydrogen (secondary N) is 2. The van der Waals surface area contributed by atoms with Gasteiger partial charge in [0.15, 0.2) is 18.1 Å². The Morgan fingerprint density at radius 1 is 0.902 bits per heavy atom. The summed E-state index contributed by atoms with van der Waals surface area (Å²) in [5.74, 6) is -1.50. The summed E-state index contributed by atoms with van der Waals surface area (Å²) in [6, 6.07) is 12.1. The Labute approximate surface area is 242 Å². The molecule has 13 heteroatoms. The zero-order valence-electron chi connectivity index (χ0n) is 22.7. The third-order valence-corrected chi connectivity index (χ3v) is 9.16. The molecule has 0 radical (unpaired) electrons. The van der Waals surface area contributed by atoms with E-state index < -0.39 is 34.4 Å². The molecule has 1 aromatic heterocycles. The van der Waals surface area contributed by atoms with Crippen LogP contribution in [0.1, 0.15) is 45.7 Å². The van der Waals surface area contributed by atoms with Gasteiger partial charge in [0.05, 0.1) is 35.2 Å². The van der Waals surface area contributed by atoms with E-state index in [1.807, 2.05) is 0 Å². The van der Waals surface area contributed by atoms with Crippen molar-refractivity contribution in [3.63, 3.8) is 0 Å². The largest absolute Gasteiger partial charge is 0.493 e. The van der Waals surface area contributed by atoms with Crippen LogP contribution in [0.25, 0.3) is 0 Å². The molecule has 218 valence electrons. The monoisotopic (exact) mass is 601 g/mol. The highest BCUT2D eigenvalue weighted by Gasteiger charge is 2.26. The van der Waals surface area contributed by atoms with Crippen molar-refractivity contribution in [1.29, 1.82) is 0 Å². The minimum Gasteiger partial charge on any atom is -0.493 e. The first-order valence-electron chi connectivity index (χ1n) is 12.9. The van der Waals surface area contributed by atoms with Crippen molar-refractivity contribution in [3.8, 4) is 11.5 Å². The van der Waals surface area contributed by atoms with Gasteiger partial charge in [0.2, 0.25) is 10.0 Å². The van der Waals surface area contributed by atoms with Crippen LogP contribution in [0.15, 0.2) is 58.8 Å². The summed E-state index contributed by atoms with van der Waals surface area (Å²) in [5, 5.41) is 6.99. The van der Waals surface area contributed by atoms with Gasteiger partial charge in [0.25, 0.3) is 11.8 Å². The molecule has 41 heavy (non-hydrogen) atoms. The molecule has 1 aliphatic rings. The third-order valence-electron chi connectivity index (χ3n) is 6.39. The number of rotatable bonds is 10. The number of carbonyl (C=O) groups excluding carboxylic acids is 3. The van der Waals surface area contributed by atoms with Crippen molar-refractivity contribution >= 4 is 50.5 Å². The third kappa shape index (κ3) is 7.43. The molecular formula is C28H31N3O8S2. The van der Waals surface area contributed by atoms with Gasteiger partial charge in [-0.3, -0.25) is 9.59 Å². The van der Waals surface area contributed by atoms with E-state index in [0.717, 1.165) is 25.7 Å². The fourth-order valence-corrected chi connectivity index (χ4v) is 6.50. The Hall–Kier alpha value is -3.94. The number of methoxy groups -OCH3 is 2. The molecule has 1 aliphatic heterocycles. The normalized spacial score (nSPS) is 14.0. The number of amides is 2. The lowest BCUT2D eigenvalue weighted by atomic mass is 10.1. The lowest BCUT2D eigenvalue weighted by molar-refractivity contribution is -0.119. The van der Waals surface area contributed by atoms with E-state index in [9.17, 15) is 22.8 Å². The second kappa shape index (κ2) is 13.6. The van der Waals surface area contributed by atoms with Crippen LogP contribution in [0.2, 0.25) is 0 Å². The highest BCUT2D eigenvalue weighted by Crippen LogP contribution is 2.34. The van der Waals surface area contributed by atoms with Crippen molar-refractivity contribution in [1.82, 2.24) is 4.31 Å². The van der Waals surface area contributed by atoms with Gasteiger partial charge in [-0.25, -0.2) is 13.2 Å². The average Bonchev–Trinajstić information content (AvgIpc) is 3.37. The van der Waals surface area contributed by atoms with E-state index in [2.05, 4.69) is 10.6 Å². The molecule has 0 unspecified atom stereocenters. The minimum absolute atomic E-state index is 0.0501. The van der Waals surface area contributed by atoms with Crippen LogP contribution in [0.4, 0.5) is 11.4 Å². The Kier molecular flexibility index (Phi) is 9.97.